The molecule has 1 aromatic rings. The third-order valence-electron chi connectivity index (χ3n) is 6.34. The highest BCUT2D eigenvalue weighted by Gasteiger charge is 2.44. The quantitative estimate of drug-likeness (QED) is 0.861. The molecule has 0 unspecified atom stereocenters. The number of ether oxygens (including phenoxy) is 1. The second-order valence-electron chi connectivity index (χ2n) is 7.94. The second-order valence-corrected chi connectivity index (χ2v) is 7.94. The summed E-state index contributed by atoms with van der Waals surface area (Å²) in [6, 6.07) is 8.07. The fourth-order valence-electron chi connectivity index (χ4n) is 4.59. The third-order valence-corrected chi connectivity index (χ3v) is 6.34. The molecule has 0 bridgehead atoms. The number of nitrogens with one attached hydrogen (secondary N) is 1. The van der Waals surface area contributed by atoms with Crippen LogP contribution in [0.1, 0.15) is 63.9 Å². The van der Waals surface area contributed by atoms with Crippen LogP contribution < -0.4 is 10.1 Å². The van der Waals surface area contributed by atoms with Crippen LogP contribution in [0.2, 0.25) is 0 Å². The fraction of sp³-hybridized carbons (Fsp3) is 0.636. The maximum Gasteiger partial charge on any atom is 0.225 e. The molecule has 2 aliphatic rings. The van der Waals surface area contributed by atoms with Gasteiger partial charge in [-0.25, -0.2) is 0 Å². The van der Waals surface area contributed by atoms with E-state index in [1.807, 2.05) is 23.1 Å². The van der Waals surface area contributed by atoms with E-state index < -0.39 is 0 Å². The molecule has 1 saturated heterocycles. The summed E-state index contributed by atoms with van der Waals surface area (Å²) in [4.78, 5) is 26.8. The van der Waals surface area contributed by atoms with Crippen molar-refractivity contribution in [2.75, 3.05) is 20.1 Å². The van der Waals surface area contributed by atoms with Gasteiger partial charge in [-0.15, -0.1) is 0 Å². The lowest BCUT2D eigenvalue weighted by Crippen LogP contribution is -2.52. The lowest BCUT2D eigenvalue weighted by Gasteiger charge is -2.47. The molecule has 27 heavy (non-hydrogen) atoms. The number of benzene rings is 1. The van der Waals surface area contributed by atoms with Crippen LogP contribution >= 0.6 is 0 Å². The molecule has 0 aromatic heterocycles. The van der Waals surface area contributed by atoms with Gasteiger partial charge in [-0.3, -0.25) is 9.59 Å². The number of hydrogen-bond acceptors (Lipinski definition) is 3. The predicted octanol–water partition coefficient (Wildman–Crippen LogP) is 3.49. The van der Waals surface area contributed by atoms with Gasteiger partial charge < -0.3 is 15.0 Å². The monoisotopic (exact) mass is 372 g/mol. The molecule has 0 aliphatic carbocycles. The average Bonchev–Trinajstić information content (AvgIpc) is 2.69. The minimum Gasteiger partial charge on any atom is -0.487 e. The number of likely N-dealkylation sites (tertiary alicyclic amines) is 1. The van der Waals surface area contributed by atoms with Gasteiger partial charge in [0.15, 0.2) is 0 Å². The van der Waals surface area contributed by atoms with Gasteiger partial charge in [0.2, 0.25) is 11.8 Å². The normalized spacial score (nSPS) is 20.9. The number of fused-ring (bicyclic) bond motifs is 1. The first-order valence-electron chi connectivity index (χ1n) is 10.3. The van der Waals surface area contributed by atoms with E-state index in [9.17, 15) is 9.59 Å². The summed E-state index contributed by atoms with van der Waals surface area (Å²) in [6.07, 6.45) is 4.78. The smallest absolute Gasteiger partial charge is 0.225 e. The number of nitrogens with zero attached hydrogens (tertiary/aromatic N) is 1. The zero-order valence-electron chi connectivity index (χ0n) is 16.8. The lowest BCUT2D eigenvalue weighted by atomic mass is 9.76. The van der Waals surface area contributed by atoms with Crippen LogP contribution in [0.4, 0.5) is 0 Å². The van der Waals surface area contributed by atoms with Gasteiger partial charge in [-0.05, 0) is 30.9 Å². The Labute approximate surface area is 162 Å². The summed E-state index contributed by atoms with van der Waals surface area (Å²) in [5, 5.41) is 2.75. The second kappa shape index (κ2) is 8.32. The number of hydrogen-bond donors (Lipinski definition) is 1. The summed E-state index contributed by atoms with van der Waals surface area (Å²) in [6.45, 7) is 5.65. The SMILES string of the molecule is CCC(CC)C(=O)N1CCC2(CC1)C[C@@H](CC(=O)NC)c1ccccc1O2. The Morgan fingerprint density at radius 3 is 2.52 bits per heavy atom. The maximum absolute atomic E-state index is 12.7. The Kier molecular flexibility index (Phi) is 6.08. The van der Waals surface area contributed by atoms with Gasteiger partial charge in [-0.1, -0.05) is 32.0 Å². The van der Waals surface area contributed by atoms with Crippen molar-refractivity contribution >= 4 is 11.8 Å². The zero-order valence-corrected chi connectivity index (χ0v) is 16.8. The lowest BCUT2D eigenvalue weighted by molar-refractivity contribution is -0.139. The Morgan fingerprint density at radius 1 is 1.22 bits per heavy atom. The van der Waals surface area contributed by atoms with Crippen LogP contribution in [0.25, 0.3) is 0 Å². The Morgan fingerprint density at radius 2 is 1.89 bits per heavy atom. The Hall–Kier alpha value is -2.04. The molecule has 1 aromatic carbocycles. The highest BCUT2D eigenvalue weighted by molar-refractivity contribution is 5.79. The largest absolute Gasteiger partial charge is 0.487 e. The minimum atomic E-state index is -0.266. The van der Waals surface area contributed by atoms with Gasteiger partial charge in [0.25, 0.3) is 0 Å². The minimum absolute atomic E-state index is 0.0631. The molecule has 1 atom stereocenters. The standard InChI is InChI=1S/C22H32N2O3/c1-4-16(5-2)21(26)24-12-10-22(11-13-24)15-17(14-20(25)23-3)18-8-6-7-9-19(18)27-22/h6-9,16-17H,4-5,10-15H2,1-3H3,(H,23,25)/t17-/m1/s1. The highest BCUT2D eigenvalue weighted by Crippen LogP contribution is 2.46. The van der Waals surface area contributed by atoms with E-state index in [1.165, 1.54) is 0 Å². The molecule has 2 aliphatic heterocycles. The van der Waals surface area contributed by atoms with E-state index in [-0.39, 0.29) is 29.3 Å². The van der Waals surface area contributed by atoms with Crippen LogP contribution in [-0.2, 0) is 9.59 Å². The van der Waals surface area contributed by atoms with Crippen LogP contribution in [-0.4, -0.2) is 42.5 Å². The summed E-state index contributed by atoms with van der Waals surface area (Å²) >= 11 is 0. The van der Waals surface area contributed by atoms with Crippen LogP contribution in [0.15, 0.2) is 24.3 Å². The molecule has 1 fully saturated rings. The van der Waals surface area contributed by atoms with Crippen molar-refractivity contribution in [2.45, 2.75) is 63.9 Å². The molecular formula is C22H32N2O3. The highest BCUT2D eigenvalue weighted by atomic mass is 16.5. The van der Waals surface area contributed by atoms with Crippen LogP contribution in [0.3, 0.4) is 0 Å². The number of piperidine rings is 1. The van der Waals surface area contributed by atoms with Gasteiger partial charge in [0.1, 0.15) is 11.4 Å². The van der Waals surface area contributed by atoms with Gasteiger partial charge in [0, 0.05) is 51.2 Å². The van der Waals surface area contributed by atoms with Crippen molar-refractivity contribution in [2.24, 2.45) is 5.92 Å². The average molecular weight is 373 g/mol. The van der Waals surface area contributed by atoms with E-state index in [1.54, 1.807) is 7.05 Å². The van der Waals surface area contributed by atoms with Crippen molar-refractivity contribution in [3.8, 4) is 5.75 Å². The number of carbonyl (C=O) groups excluding carboxylic acids is 2. The number of para-hydroxylation sites is 1. The summed E-state index contributed by atoms with van der Waals surface area (Å²) in [7, 11) is 1.69. The molecule has 2 heterocycles. The van der Waals surface area contributed by atoms with Crippen molar-refractivity contribution in [3.05, 3.63) is 29.8 Å². The van der Waals surface area contributed by atoms with Crippen LogP contribution in [0, 0.1) is 5.92 Å². The van der Waals surface area contributed by atoms with Crippen LogP contribution in [0.5, 0.6) is 5.75 Å². The molecule has 3 rings (SSSR count). The van der Waals surface area contributed by atoms with Crippen molar-refractivity contribution in [1.29, 1.82) is 0 Å². The van der Waals surface area contributed by atoms with E-state index in [0.717, 1.165) is 56.5 Å². The van der Waals surface area contributed by atoms with Gasteiger partial charge in [0.05, 0.1) is 0 Å². The maximum atomic E-state index is 12.7. The first kappa shape index (κ1) is 19.7. The Balaban J connectivity index is 1.74. The molecule has 0 saturated carbocycles. The summed E-state index contributed by atoms with van der Waals surface area (Å²) in [5.41, 5.74) is 0.861. The molecule has 148 valence electrons. The summed E-state index contributed by atoms with van der Waals surface area (Å²) in [5.74, 6) is 1.54. The van der Waals surface area contributed by atoms with Crippen molar-refractivity contribution in [3.63, 3.8) is 0 Å². The summed E-state index contributed by atoms with van der Waals surface area (Å²) < 4.78 is 6.48. The molecular weight excluding hydrogens is 340 g/mol. The fourth-order valence-corrected chi connectivity index (χ4v) is 4.59. The van der Waals surface area contributed by atoms with Gasteiger partial charge >= 0.3 is 0 Å². The first-order chi connectivity index (χ1) is 13.0. The molecule has 2 amide bonds. The molecule has 0 radical (unpaired) electrons. The van der Waals surface area contributed by atoms with E-state index >= 15 is 0 Å². The van der Waals surface area contributed by atoms with E-state index in [2.05, 4.69) is 25.2 Å². The number of rotatable bonds is 5. The van der Waals surface area contributed by atoms with Crippen molar-refractivity contribution < 1.29 is 14.3 Å². The molecule has 1 spiro atoms. The number of carbonyl (C=O) groups is 2. The first-order valence-corrected chi connectivity index (χ1v) is 10.3. The zero-order chi connectivity index (χ0) is 19.4. The van der Waals surface area contributed by atoms with E-state index in [0.29, 0.717) is 6.42 Å². The number of amides is 2. The predicted molar refractivity (Wildman–Crippen MR) is 106 cm³/mol. The Bertz CT molecular complexity index is 676. The molecule has 1 N–H and O–H groups in total. The van der Waals surface area contributed by atoms with Crippen molar-refractivity contribution in [1.82, 2.24) is 10.2 Å². The topological polar surface area (TPSA) is 58.6 Å². The molecule has 5 nitrogen and oxygen atoms in total. The molecule has 5 heteroatoms. The van der Waals surface area contributed by atoms with Gasteiger partial charge in [-0.2, -0.15) is 0 Å². The third kappa shape index (κ3) is 4.12. The van der Waals surface area contributed by atoms with E-state index in [4.69, 9.17) is 4.74 Å².